The van der Waals surface area contributed by atoms with Gasteiger partial charge in [0.1, 0.15) is 5.65 Å². The van der Waals surface area contributed by atoms with Gasteiger partial charge in [0, 0.05) is 48.8 Å². The van der Waals surface area contributed by atoms with E-state index in [1.165, 1.54) is 11.8 Å². The lowest BCUT2D eigenvalue weighted by atomic mass is 10.0. The van der Waals surface area contributed by atoms with E-state index in [1.807, 2.05) is 22.9 Å². The predicted molar refractivity (Wildman–Crippen MR) is 104 cm³/mol. The van der Waals surface area contributed by atoms with Gasteiger partial charge in [-0.3, -0.25) is 4.98 Å². The van der Waals surface area contributed by atoms with E-state index in [1.54, 1.807) is 12.4 Å². The second-order valence-corrected chi connectivity index (χ2v) is 8.78. The van der Waals surface area contributed by atoms with Gasteiger partial charge in [0.25, 0.3) is 0 Å². The van der Waals surface area contributed by atoms with Crippen LogP contribution in [0.4, 0.5) is 0 Å². The molecule has 3 rings (SSSR count). The van der Waals surface area contributed by atoms with Crippen molar-refractivity contribution in [1.29, 1.82) is 0 Å². The summed E-state index contributed by atoms with van der Waals surface area (Å²) >= 11 is 0. The first-order valence-electron chi connectivity index (χ1n) is 8.66. The Morgan fingerprint density at radius 3 is 2.58 bits per heavy atom. The zero-order valence-corrected chi connectivity index (χ0v) is 16.1. The molecule has 0 fully saturated rings. The Morgan fingerprint density at radius 1 is 1.19 bits per heavy atom. The smallest absolute Gasteiger partial charge is 0.208 e. The monoisotopic (exact) mass is 372 g/mol. The minimum absolute atomic E-state index is 0.345. The molecule has 0 aliphatic carbocycles. The molecule has 0 aliphatic rings. The Balaban J connectivity index is 1.98. The van der Waals surface area contributed by atoms with Crippen molar-refractivity contribution in [2.45, 2.75) is 26.8 Å². The van der Waals surface area contributed by atoms with Crippen LogP contribution < -0.4 is 4.72 Å². The van der Waals surface area contributed by atoms with Crippen molar-refractivity contribution >= 4 is 21.1 Å². The maximum Gasteiger partial charge on any atom is 0.208 e. The van der Waals surface area contributed by atoms with Crippen LogP contribution in [0.15, 0.2) is 43.0 Å². The standard InChI is InChI=1S/C19H24N4O2S/c1-14(2)10-17-13-23(9-8-22-26(3,24)25)19-18(17)11-16(12-21-19)15-4-6-20-7-5-15/h4-7,11-14,22H,8-10H2,1-3H3. The molecule has 0 spiro atoms. The van der Waals surface area contributed by atoms with Gasteiger partial charge < -0.3 is 4.57 Å². The Morgan fingerprint density at radius 2 is 1.92 bits per heavy atom. The van der Waals surface area contributed by atoms with Gasteiger partial charge in [-0.15, -0.1) is 0 Å². The van der Waals surface area contributed by atoms with Gasteiger partial charge in [0.2, 0.25) is 10.0 Å². The summed E-state index contributed by atoms with van der Waals surface area (Å²) in [5.41, 5.74) is 4.25. The fourth-order valence-electron chi connectivity index (χ4n) is 3.07. The molecule has 26 heavy (non-hydrogen) atoms. The average Bonchev–Trinajstić information content (AvgIpc) is 2.91. The van der Waals surface area contributed by atoms with Crippen molar-refractivity contribution < 1.29 is 8.42 Å². The van der Waals surface area contributed by atoms with Gasteiger partial charge in [-0.05, 0) is 41.7 Å². The third kappa shape index (κ3) is 4.47. The summed E-state index contributed by atoms with van der Waals surface area (Å²) < 4.78 is 27.2. The van der Waals surface area contributed by atoms with E-state index in [2.05, 4.69) is 40.8 Å². The van der Waals surface area contributed by atoms with Gasteiger partial charge in [-0.2, -0.15) is 0 Å². The summed E-state index contributed by atoms with van der Waals surface area (Å²) in [5, 5.41) is 1.12. The molecule has 0 aromatic carbocycles. The normalized spacial score (nSPS) is 12.2. The van der Waals surface area contributed by atoms with Gasteiger partial charge >= 0.3 is 0 Å². The molecule has 7 heteroatoms. The Labute approximate surface area is 154 Å². The molecule has 0 radical (unpaired) electrons. The van der Waals surface area contributed by atoms with Gasteiger partial charge in [-0.1, -0.05) is 13.8 Å². The molecule has 0 unspecified atom stereocenters. The SMILES string of the molecule is CC(C)Cc1cn(CCNS(C)(=O)=O)c2ncc(-c3ccncc3)cc12. The molecule has 0 amide bonds. The van der Waals surface area contributed by atoms with Gasteiger partial charge in [-0.25, -0.2) is 18.1 Å². The first kappa shape index (κ1) is 18.5. The second-order valence-electron chi connectivity index (χ2n) is 6.94. The maximum atomic E-state index is 11.3. The van der Waals surface area contributed by atoms with Crippen LogP contribution >= 0.6 is 0 Å². The second kappa shape index (κ2) is 7.55. The van der Waals surface area contributed by atoms with Crippen molar-refractivity contribution in [3.05, 3.63) is 48.5 Å². The summed E-state index contributed by atoms with van der Waals surface area (Å²) in [7, 11) is -3.19. The van der Waals surface area contributed by atoms with E-state index >= 15 is 0 Å². The van der Waals surface area contributed by atoms with E-state index in [9.17, 15) is 8.42 Å². The van der Waals surface area contributed by atoms with E-state index in [-0.39, 0.29) is 0 Å². The van der Waals surface area contributed by atoms with E-state index < -0.39 is 10.0 Å². The molecular formula is C19H24N4O2S. The highest BCUT2D eigenvalue weighted by molar-refractivity contribution is 7.88. The average molecular weight is 372 g/mol. The van der Waals surface area contributed by atoms with Gasteiger partial charge in [0.05, 0.1) is 6.26 Å². The van der Waals surface area contributed by atoms with Crippen LogP contribution in [0.25, 0.3) is 22.2 Å². The zero-order chi connectivity index (χ0) is 18.7. The number of nitrogens with one attached hydrogen (secondary N) is 1. The number of aromatic nitrogens is 3. The van der Waals surface area contributed by atoms with Crippen LogP contribution in [0.1, 0.15) is 19.4 Å². The number of hydrogen-bond donors (Lipinski definition) is 1. The summed E-state index contributed by atoms with van der Waals surface area (Å²) in [6.45, 7) is 5.27. The summed E-state index contributed by atoms with van der Waals surface area (Å²) in [4.78, 5) is 8.73. The summed E-state index contributed by atoms with van der Waals surface area (Å²) in [6.07, 6.45) is 9.62. The highest BCUT2D eigenvalue weighted by Crippen LogP contribution is 2.27. The molecule has 0 aliphatic heterocycles. The molecule has 3 aromatic rings. The molecule has 0 atom stereocenters. The minimum atomic E-state index is -3.19. The first-order valence-corrected chi connectivity index (χ1v) is 10.6. The van der Waals surface area contributed by atoms with Crippen LogP contribution in [-0.2, 0) is 23.0 Å². The zero-order valence-electron chi connectivity index (χ0n) is 15.3. The summed E-state index contributed by atoms with van der Waals surface area (Å²) in [5.74, 6) is 0.521. The van der Waals surface area contributed by atoms with Crippen molar-refractivity contribution in [2.75, 3.05) is 12.8 Å². The molecule has 138 valence electrons. The number of nitrogens with zero attached hydrogens (tertiary/aromatic N) is 3. The van der Waals surface area contributed by atoms with Gasteiger partial charge in [0.15, 0.2) is 0 Å². The van der Waals surface area contributed by atoms with Crippen LogP contribution in [0.2, 0.25) is 0 Å². The predicted octanol–water partition coefficient (Wildman–Crippen LogP) is 2.85. The number of pyridine rings is 2. The fraction of sp³-hybridized carbons (Fsp3) is 0.368. The lowest BCUT2D eigenvalue weighted by molar-refractivity contribution is 0.580. The highest BCUT2D eigenvalue weighted by Gasteiger charge is 2.13. The minimum Gasteiger partial charge on any atom is -0.331 e. The number of fused-ring (bicyclic) bond motifs is 1. The lowest BCUT2D eigenvalue weighted by Crippen LogP contribution is -2.25. The molecule has 1 N–H and O–H groups in total. The topological polar surface area (TPSA) is 76.9 Å². The van der Waals surface area contributed by atoms with E-state index in [4.69, 9.17) is 0 Å². The van der Waals surface area contributed by atoms with Crippen molar-refractivity contribution in [3.8, 4) is 11.1 Å². The quantitative estimate of drug-likeness (QED) is 0.692. The van der Waals surface area contributed by atoms with Crippen LogP contribution in [0.5, 0.6) is 0 Å². The van der Waals surface area contributed by atoms with Crippen molar-refractivity contribution in [1.82, 2.24) is 19.3 Å². The lowest BCUT2D eigenvalue weighted by Gasteiger charge is -2.06. The molecule has 0 bridgehead atoms. The molecule has 0 saturated carbocycles. The fourth-order valence-corrected chi connectivity index (χ4v) is 3.53. The highest BCUT2D eigenvalue weighted by atomic mass is 32.2. The number of hydrogen-bond acceptors (Lipinski definition) is 4. The number of sulfonamides is 1. The molecular weight excluding hydrogens is 348 g/mol. The Bertz CT molecular complexity index is 995. The molecule has 3 aromatic heterocycles. The molecule has 6 nitrogen and oxygen atoms in total. The third-order valence-electron chi connectivity index (χ3n) is 4.16. The molecule has 3 heterocycles. The van der Waals surface area contributed by atoms with Crippen molar-refractivity contribution in [2.24, 2.45) is 5.92 Å². The Kier molecular flexibility index (Phi) is 5.38. The number of rotatable bonds is 7. The Hall–Kier alpha value is -2.25. The van der Waals surface area contributed by atoms with Crippen LogP contribution in [0.3, 0.4) is 0 Å². The van der Waals surface area contributed by atoms with E-state index in [0.717, 1.165) is 28.6 Å². The van der Waals surface area contributed by atoms with Crippen molar-refractivity contribution in [3.63, 3.8) is 0 Å². The van der Waals surface area contributed by atoms with E-state index in [0.29, 0.717) is 19.0 Å². The van der Waals surface area contributed by atoms with Crippen LogP contribution in [-0.4, -0.2) is 35.8 Å². The van der Waals surface area contributed by atoms with Crippen LogP contribution in [0, 0.1) is 5.92 Å². The molecule has 0 saturated heterocycles. The largest absolute Gasteiger partial charge is 0.331 e. The third-order valence-corrected chi connectivity index (χ3v) is 4.88. The first-order chi connectivity index (χ1) is 12.3. The summed E-state index contributed by atoms with van der Waals surface area (Å²) in [6, 6.07) is 6.10. The maximum absolute atomic E-state index is 11.3.